The van der Waals surface area contributed by atoms with Gasteiger partial charge in [-0.05, 0) is 118 Å². The van der Waals surface area contributed by atoms with Crippen molar-refractivity contribution in [2.24, 2.45) is 52.1 Å². The molecule has 174 valence electrons. The van der Waals surface area contributed by atoms with E-state index in [0.717, 1.165) is 48.9 Å². The number of fused-ring (bicyclic) bond motifs is 5. The summed E-state index contributed by atoms with van der Waals surface area (Å²) in [5.41, 5.74) is 6.87. The fraction of sp³-hybridized carbons (Fsp3) is 1.00. The molecule has 4 aliphatic carbocycles. The molecule has 4 saturated carbocycles. The van der Waals surface area contributed by atoms with Gasteiger partial charge in [0.05, 0.1) is 11.7 Å². The predicted octanol–water partition coefficient (Wildman–Crippen LogP) is 5.52. The van der Waals surface area contributed by atoms with Gasteiger partial charge in [-0.2, -0.15) is 0 Å². The van der Waals surface area contributed by atoms with Crippen LogP contribution in [0.5, 0.6) is 0 Å². The molecule has 0 aromatic heterocycles. The minimum absolute atomic E-state index is 0.00913. The molecule has 4 N–H and O–H groups in total. The molecule has 1 unspecified atom stereocenters. The SMILES string of the molecule is C[C@H](CCCC(C)(C)O)[C@H]1CC[C@H]2[C@@H]3CC[C@H]4C(N)[C@@H](O)CC[C@]4(C)[C@H]3CC[C@]12C. The van der Waals surface area contributed by atoms with Crippen molar-refractivity contribution in [1.82, 2.24) is 0 Å². The van der Waals surface area contributed by atoms with E-state index in [9.17, 15) is 10.2 Å². The average Bonchev–Trinajstić information content (AvgIpc) is 3.01. The zero-order valence-electron chi connectivity index (χ0n) is 20.4. The first-order valence-corrected chi connectivity index (χ1v) is 13.1. The Morgan fingerprint density at radius 3 is 2.27 bits per heavy atom. The second-order valence-electron chi connectivity index (χ2n) is 13.2. The number of nitrogens with two attached hydrogens (primary N) is 1. The number of aliphatic hydroxyl groups excluding tert-OH is 1. The Labute approximate surface area is 185 Å². The molecule has 0 spiro atoms. The lowest BCUT2D eigenvalue weighted by Gasteiger charge is -2.62. The maximum Gasteiger partial charge on any atom is 0.0694 e. The van der Waals surface area contributed by atoms with Gasteiger partial charge < -0.3 is 15.9 Å². The van der Waals surface area contributed by atoms with Crippen LogP contribution in [0.15, 0.2) is 0 Å². The smallest absolute Gasteiger partial charge is 0.0694 e. The highest BCUT2D eigenvalue weighted by Crippen LogP contribution is 2.68. The van der Waals surface area contributed by atoms with E-state index in [2.05, 4.69) is 20.8 Å². The average molecular weight is 420 g/mol. The zero-order valence-corrected chi connectivity index (χ0v) is 20.4. The largest absolute Gasteiger partial charge is 0.392 e. The van der Waals surface area contributed by atoms with Gasteiger partial charge in [0.1, 0.15) is 0 Å². The number of rotatable bonds is 5. The van der Waals surface area contributed by atoms with Crippen LogP contribution in [-0.4, -0.2) is 28.0 Å². The van der Waals surface area contributed by atoms with Gasteiger partial charge >= 0.3 is 0 Å². The minimum atomic E-state index is -0.525. The Balaban J connectivity index is 1.46. The first-order valence-electron chi connectivity index (χ1n) is 13.1. The molecule has 30 heavy (non-hydrogen) atoms. The fourth-order valence-electron chi connectivity index (χ4n) is 9.44. The molecule has 0 bridgehead atoms. The molecule has 0 aromatic rings. The fourth-order valence-corrected chi connectivity index (χ4v) is 9.44. The summed E-state index contributed by atoms with van der Waals surface area (Å²) in [5.74, 6) is 4.72. The van der Waals surface area contributed by atoms with Gasteiger partial charge in [-0.15, -0.1) is 0 Å². The van der Waals surface area contributed by atoms with Crippen LogP contribution in [0.2, 0.25) is 0 Å². The quantitative estimate of drug-likeness (QED) is 0.549. The predicted molar refractivity (Wildman–Crippen MR) is 124 cm³/mol. The van der Waals surface area contributed by atoms with Crippen LogP contribution in [0.1, 0.15) is 105 Å². The van der Waals surface area contributed by atoms with E-state index in [0.29, 0.717) is 16.7 Å². The van der Waals surface area contributed by atoms with Crippen molar-refractivity contribution >= 4 is 0 Å². The van der Waals surface area contributed by atoms with Gasteiger partial charge in [0, 0.05) is 6.04 Å². The van der Waals surface area contributed by atoms with E-state index >= 15 is 0 Å². The highest BCUT2D eigenvalue weighted by Gasteiger charge is 2.61. The van der Waals surface area contributed by atoms with E-state index < -0.39 is 5.60 Å². The van der Waals surface area contributed by atoms with Gasteiger partial charge in [0.15, 0.2) is 0 Å². The standard InChI is InChI=1S/C27H49NO2/c1-17(7-6-14-25(2,3)30)19-10-11-20-18-8-9-22-24(28)23(29)13-16-27(22,5)21(18)12-15-26(19,20)4/h17-24,29-30H,6-16,28H2,1-5H3/t17-,18+,19-,20+,21+,22+,23+,24?,26-,27-/m1/s1. The molecule has 4 rings (SSSR count). The summed E-state index contributed by atoms with van der Waals surface area (Å²) in [6, 6.07) is -0.00913. The molecule has 0 radical (unpaired) electrons. The van der Waals surface area contributed by atoms with E-state index in [1.807, 2.05) is 13.8 Å². The molecule has 4 fully saturated rings. The maximum atomic E-state index is 10.4. The summed E-state index contributed by atoms with van der Waals surface area (Å²) in [7, 11) is 0. The first-order chi connectivity index (χ1) is 14.0. The molecular formula is C27H49NO2. The summed E-state index contributed by atoms with van der Waals surface area (Å²) in [6.45, 7) is 11.6. The highest BCUT2D eigenvalue weighted by molar-refractivity contribution is 5.11. The Bertz CT molecular complexity index is 614. The Hall–Kier alpha value is -0.120. The summed E-state index contributed by atoms with van der Waals surface area (Å²) < 4.78 is 0. The lowest BCUT2D eigenvalue weighted by Crippen LogP contribution is -2.60. The number of hydrogen-bond acceptors (Lipinski definition) is 3. The summed E-state index contributed by atoms with van der Waals surface area (Å²) in [4.78, 5) is 0. The number of hydrogen-bond donors (Lipinski definition) is 3. The van der Waals surface area contributed by atoms with Crippen molar-refractivity contribution in [3.63, 3.8) is 0 Å². The first kappa shape index (κ1) is 23.1. The topological polar surface area (TPSA) is 66.5 Å². The summed E-state index contributed by atoms with van der Waals surface area (Å²) in [5, 5.41) is 20.5. The lowest BCUT2D eigenvalue weighted by molar-refractivity contribution is -0.136. The van der Waals surface area contributed by atoms with Crippen LogP contribution in [0.4, 0.5) is 0 Å². The molecular weight excluding hydrogens is 370 g/mol. The van der Waals surface area contributed by atoms with Crippen molar-refractivity contribution in [2.75, 3.05) is 0 Å². The lowest BCUT2D eigenvalue weighted by atomic mass is 9.43. The zero-order chi connectivity index (χ0) is 21.9. The van der Waals surface area contributed by atoms with Gasteiger partial charge in [0.25, 0.3) is 0 Å². The maximum absolute atomic E-state index is 10.4. The van der Waals surface area contributed by atoms with E-state index in [-0.39, 0.29) is 12.1 Å². The van der Waals surface area contributed by atoms with Crippen molar-refractivity contribution in [3.8, 4) is 0 Å². The number of aliphatic hydroxyl groups is 2. The van der Waals surface area contributed by atoms with Crippen molar-refractivity contribution < 1.29 is 10.2 Å². The molecule has 0 aliphatic heterocycles. The summed E-state index contributed by atoms with van der Waals surface area (Å²) in [6.07, 6.45) is 13.3. The third-order valence-corrected chi connectivity index (χ3v) is 11.0. The van der Waals surface area contributed by atoms with Crippen LogP contribution < -0.4 is 5.73 Å². The molecule has 0 heterocycles. The van der Waals surface area contributed by atoms with E-state index in [1.54, 1.807) is 0 Å². The summed E-state index contributed by atoms with van der Waals surface area (Å²) >= 11 is 0. The second-order valence-corrected chi connectivity index (χ2v) is 13.2. The Morgan fingerprint density at radius 2 is 1.57 bits per heavy atom. The van der Waals surface area contributed by atoms with Gasteiger partial charge in [-0.1, -0.05) is 33.6 Å². The normalized spacial score (nSPS) is 49.8. The van der Waals surface area contributed by atoms with Crippen molar-refractivity contribution in [1.29, 1.82) is 0 Å². The third kappa shape index (κ3) is 3.79. The van der Waals surface area contributed by atoms with E-state index in [1.165, 1.54) is 51.4 Å². The Morgan fingerprint density at radius 1 is 0.933 bits per heavy atom. The van der Waals surface area contributed by atoms with E-state index in [4.69, 9.17) is 5.73 Å². The van der Waals surface area contributed by atoms with Crippen LogP contribution in [-0.2, 0) is 0 Å². The monoisotopic (exact) mass is 419 g/mol. The molecule has 0 amide bonds. The Kier molecular flexibility index (Phi) is 6.17. The highest BCUT2D eigenvalue weighted by atomic mass is 16.3. The molecule has 4 aliphatic rings. The van der Waals surface area contributed by atoms with Crippen molar-refractivity contribution in [3.05, 3.63) is 0 Å². The van der Waals surface area contributed by atoms with Crippen LogP contribution in [0.3, 0.4) is 0 Å². The molecule has 3 nitrogen and oxygen atoms in total. The van der Waals surface area contributed by atoms with Gasteiger partial charge in [-0.25, -0.2) is 0 Å². The molecule has 0 saturated heterocycles. The second kappa shape index (κ2) is 8.03. The minimum Gasteiger partial charge on any atom is -0.392 e. The van der Waals surface area contributed by atoms with Crippen LogP contribution in [0.25, 0.3) is 0 Å². The van der Waals surface area contributed by atoms with Crippen LogP contribution >= 0.6 is 0 Å². The third-order valence-electron chi connectivity index (χ3n) is 11.0. The van der Waals surface area contributed by atoms with Crippen LogP contribution in [0, 0.1) is 46.3 Å². The van der Waals surface area contributed by atoms with Gasteiger partial charge in [0.2, 0.25) is 0 Å². The molecule has 10 atom stereocenters. The van der Waals surface area contributed by atoms with Gasteiger partial charge in [-0.3, -0.25) is 0 Å². The molecule has 3 heteroatoms. The molecule has 0 aromatic carbocycles. The van der Waals surface area contributed by atoms with Crippen molar-refractivity contribution in [2.45, 2.75) is 123 Å².